The molecule has 0 saturated carbocycles. The standard InChI is InChI=1S/C17H12Cl2N2O3S2/c18-12-7-4-8-13(15(12)19)20-17(22)16-14(9-10-25-16)21-26(23,24)11-5-2-1-3-6-11/h1-10,21H,(H,20,22). The Kier molecular flexibility index (Phi) is 5.52. The van der Waals surface area contributed by atoms with Crippen LogP contribution in [0.5, 0.6) is 0 Å². The number of anilines is 2. The van der Waals surface area contributed by atoms with Gasteiger partial charge in [-0.05, 0) is 35.7 Å². The second-order valence-electron chi connectivity index (χ2n) is 5.14. The number of halogens is 2. The van der Waals surface area contributed by atoms with Crippen LogP contribution in [-0.4, -0.2) is 14.3 Å². The summed E-state index contributed by atoms with van der Waals surface area (Å²) < 4.78 is 27.3. The van der Waals surface area contributed by atoms with Gasteiger partial charge in [-0.25, -0.2) is 8.42 Å². The van der Waals surface area contributed by atoms with Crippen molar-refractivity contribution in [2.45, 2.75) is 4.90 Å². The van der Waals surface area contributed by atoms with Crippen LogP contribution >= 0.6 is 34.5 Å². The largest absolute Gasteiger partial charge is 0.320 e. The van der Waals surface area contributed by atoms with E-state index in [1.165, 1.54) is 18.2 Å². The van der Waals surface area contributed by atoms with Crippen molar-refractivity contribution in [3.05, 3.63) is 74.9 Å². The normalized spacial score (nSPS) is 11.2. The molecule has 134 valence electrons. The molecule has 1 heterocycles. The lowest BCUT2D eigenvalue weighted by molar-refractivity contribution is 0.103. The first-order valence-electron chi connectivity index (χ1n) is 7.29. The molecule has 0 fully saturated rings. The van der Waals surface area contributed by atoms with Gasteiger partial charge in [0.1, 0.15) is 4.88 Å². The van der Waals surface area contributed by atoms with Gasteiger partial charge in [0, 0.05) is 0 Å². The third kappa shape index (κ3) is 4.02. The molecule has 3 aromatic rings. The van der Waals surface area contributed by atoms with Crippen LogP contribution < -0.4 is 10.0 Å². The van der Waals surface area contributed by atoms with Gasteiger partial charge in [0.2, 0.25) is 0 Å². The molecular formula is C17H12Cl2N2O3S2. The molecule has 9 heteroatoms. The minimum Gasteiger partial charge on any atom is -0.320 e. The van der Waals surface area contributed by atoms with Gasteiger partial charge in [0.15, 0.2) is 0 Å². The summed E-state index contributed by atoms with van der Waals surface area (Å²) in [7, 11) is -3.80. The molecule has 0 aliphatic rings. The van der Waals surface area contributed by atoms with Gasteiger partial charge in [0.05, 0.1) is 26.3 Å². The molecule has 2 aromatic carbocycles. The number of carbonyl (C=O) groups excluding carboxylic acids is 1. The zero-order valence-corrected chi connectivity index (χ0v) is 16.2. The van der Waals surface area contributed by atoms with E-state index < -0.39 is 15.9 Å². The zero-order valence-electron chi connectivity index (χ0n) is 13.1. The first-order valence-corrected chi connectivity index (χ1v) is 10.4. The molecule has 2 N–H and O–H groups in total. The number of rotatable bonds is 5. The fourth-order valence-electron chi connectivity index (χ4n) is 2.15. The Balaban J connectivity index is 1.84. The minimum absolute atomic E-state index is 0.107. The summed E-state index contributed by atoms with van der Waals surface area (Å²) >= 11 is 13.1. The van der Waals surface area contributed by atoms with Crippen molar-refractivity contribution < 1.29 is 13.2 Å². The molecule has 1 amide bonds. The number of thiophene rings is 1. The predicted molar refractivity (Wildman–Crippen MR) is 106 cm³/mol. The Morgan fingerprint density at radius 1 is 0.923 bits per heavy atom. The number of sulfonamides is 1. The van der Waals surface area contributed by atoms with E-state index in [2.05, 4.69) is 10.0 Å². The number of hydrogen-bond acceptors (Lipinski definition) is 4. The van der Waals surface area contributed by atoms with E-state index in [1.807, 2.05) is 0 Å². The van der Waals surface area contributed by atoms with Gasteiger partial charge >= 0.3 is 0 Å². The highest BCUT2D eigenvalue weighted by Crippen LogP contribution is 2.31. The van der Waals surface area contributed by atoms with E-state index in [0.29, 0.717) is 10.7 Å². The van der Waals surface area contributed by atoms with Crippen LogP contribution in [0.25, 0.3) is 0 Å². The Morgan fingerprint density at radius 2 is 1.65 bits per heavy atom. The smallest absolute Gasteiger partial charge is 0.267 e. The summed E-state index contributed by atoms with van der Waals surface area (Å²) in [6.45, 7) is 0. The number of benzene rings is 2. The lowest BCUT2D eigenvalue weighted by atomic mass is 10.3. The summed E-state index contributed by atoms with van der Waals surface area (Å²) in [5.74, 6) is -0.491. The van der Waals surface area contributed by atoms with Gasteiger partial charge in [0.25, 0.3) is 15.9 Å². The fraction of sp³-hybridized carbons (Fsp3) is 0. The molecule has 0 atom stereocenters. The van der Waals surface area contributed by atoms with Crippen LogP contribution in [0.15, 0.2) is 64.9 Å². The predicted octanol–water partition coefficient (Wildman–Crippen LogP) is 5.11. The average molecular weight is 427 g/mol. The molecule has 0 unspecified atom stereocenters. The lowest BCUT2D eigenvalue weighted by Gasteiger charge is -2.10. The van der Waals surface area contributed by atoms with Gasteiger partial charge in [-0.3, -0.25) is 9.52 Å². The molecule has 3 rings (SSSR count). The van der Waals surface area contributed by atoms with Gasteiger partial charge in [-0.1, -0.05) is 47.5 Å². The Morgan fingerprint density at radius 3 is 2.38 bits per heavy atom. The van der Waals surface area contributed by atoms with Crippen LogP contribution in [0.2, 0.25) is 10.0 Å². The van der Waals surface area contributed by atoms with E-state index in [9.17, 15) is 13.2 Å². The highest BCUT2D eigenvalue weighted by Gasteiger charge is 2.20. The van der Waals surface area contributed by atoms with Crippen LogP contribution in [-0.2, 0) is 10.0 Å². The zero-order chi connectivity index (χ0) is 18.7. The molecule has 26 heavy (non-hydrogen) atoms. The molecule has 0 aliphatic carbocycles. The monoisotopic (exact) mass is 426 g/mol. The van der Waals surface area contributed by atoms with Crippen LogP contribution in [0.3, 0.4) is 0 Å². The maximum absolute atomic E-state index is 12.5. The molecule has 0 spiro atoms. The fourth-order valence-corrected chi connectivity index (χ4v) is 4.40. The summed E-state index contributed by atoms with van der Waals surface area (Å²) in [5, 5.41) is 4.78. The van der Waals surface area contributed by atoms with Crippen molar-refractivity contribution in [1.29, 1.82) is 0 Å². The molecule has 5 nitrogen and oxygen atoms in total. The molecule has 0 aliphatic heterocycles. The summed E-state index contributed by atoms with van der Waals surface area (Å²) in [6.07, 6.45) is 0. The maximum atomic E-state index is 12.5. The number of carbonyl (C=O) groups is 1. The number of hydrogen-bond donors (Lipinski definition) is 2. The van der Waals surface area contributed by atoms with E-state index >= 15 is 0 Å². The molecule has 0 radical (unpaired) electrons. The number of amides is 1. The Labute approximate surface area is 164 Å². The van der Waals surface area contributed by atoms with E-state index in [1.54, 1.807) is 41.8 Å². The Hall–Kier alpha value is -2.06. The van der Waals surface area contributed by atoms with E-state index in [-0.39, 0.29) is 20.5 Å². The van der Waals surface area contributed by atoms with Crippen molar-refractivity contribution >= 4 is 61.8 Å². The molecule has 0 saturated heterocycles. The summed E-state index contributed by atoms with van der Waals surface area (Å²) in [4.78, 5) is 12.9. The third-order valence-corrected chi connectivity index (χ3v) is 6.48. The number of nitrogens with one attached hydrogen (secondary N) is 2. The topological polar surface area (TPSA) is 75.3 Å². The molecular weight excluding hydrogens is 415 g/mol. The van der Waals surface area contributed by atoms with Crippen LogP contribution in [0, 0.1) is 0 Å². The Bertz CT molecular complexity index is 1050. The van der Waals surface area contributed by atoms with Crippen molar-refractivity contribution in [1.82, 2.24) is 0 Å². The maximum Gasteiger partial charge on any atom is 0.267 e. The minimum atomic E-state index is -3.80. The average Bonchev–Trinajstić information content (AvgIpc) is 3.07. The molecule has 1 aromatic heterocycles. The second-order valence-corrected chi connectivity index (χ2v) is 8.52. The van der Waals surface area contributed by atoms with Crippen molar-refractivity contribution in [2.75, 3.05) is 10.0 Å². The van der Waals surface area contributed by atoms with Gasteiger partial charge in [-0.15, -0.1) is 11.3 Å². The van der Waals surface area contributed by atoms with Crippen LogP contribution in [0.4, 0.5) is 11.4 Å². The first-order chi connectivity index (χ1) is 12.4. The first kappa shape index (κ1) is 18.7. The van der Waals surface area contributed by atoms with Gasteiger partial charge in [-0.2, -0.15) is 0 Å². The summed E-state index contributed by atoms with van der Waals surface area (Å²) in [5.41, 5.74) is 0.531. The van der Waals surface area contributed by atoms with Crippen LogP contribution in [0.1, 0.15) is 9.67 Å². The highest BCUT2D eigenvalue weighted by atomic mass is 35.5. The van der Waals surface area contributed by atoms with E-state index in [0.717, 1.165) is 11.3 Å². The van der Waals surface area contributed by atoms with Crippen molar-refractivity contribution in [3.63, 3.8) is 0 Å². The molecule has 0 bridgehead atoms. The quantitative estimate of drug-likeness (QED) is 0.594. The third-order valence-electron chi connectivity index (χ3n) is 3.37. The van der Waals surface area contributed by atoms with Crippen molar-refractivity contribution in [3.8, 4) is 0 Å². The highest BCUT2D eigenvalue weighted by molar-refractivity contribution is 7.92. The van der Waals surface area contributed by atoms with E-state index in [4.69, 9.17) is 23.2 Å². The van der Waals surface area contributed by atoms with Gasteiger partial charge < -0.3 is 5.32 Å². The van der Waals surface area contributed by atoms with Crippen molar-refractivity contribution in [2.24, 2.45) is 0 Å². The second kappa shape index (κ2) is 7.67. The SMILES string of the molecule is O=C(Nc1cccc(Cl)c1Cl)c1sccc1NS(=O)(=O)c1ccccc1. The summed E-state index contributed by atoms with van der Waals surface area (Å²) in [6, 6.07) is 14.3. The lowest BCUT2D eigenvalue weighted by Crippen LogP contribution is -2.17.